The van der Waals surface area contributed by atoms with Gasteiger partial charge in [0.1, 0.15) is 5.82 Å². The third kappa shape index (κ3) is 1.98. The average Bonchev–Trinajstić information content (AvgIpc) is 2.89. The molecule has 4 heteroatoms. The maximum Gasteiger partial charge on any atom is 0.308 e. The molecule has 0 saturated carbocycles. The number of hydrogen-bond acceptors (Lipinski definition) is 2. The van der Waals surface area contributed by atoms with Gasteiger partial charge in [-0.15, -0.1) is 0 Å². The van der Waals surface area contributed by atoms with Crippen LogP contribution in [0, 0.1) is 11.7 Å². The number of carboxylic acids is 1. The molecule has 2 atom stereocenters. The number of nitrogens with one attached hydrogen (secondary N) is 1. The van der Waals surface area contributed by atoms with Crippen molar-refractivity contribution in [3.05, 3.63) is 47.8 Å². The number of aliphatic carboxylic acids is 1. The largest absolute Gasteiger partial charge is 0.481 e. The fraction of sp³-hybridized carbons (Fsp3) is 0.267. The number of carbonyl (C=O) groups is 1. The van der Waals surface area contributed by atoms with Gasteiger partial charge >= 0.3 is 5.97 Å². The van der Waals surface area contributed by atoms with Crippen molar-refractivity contribution in [2.75, 3.05) is 13.1 Å². The molecule has 1 fully saturated rings. The zero-order valence-electron chi connectivity index (χ0n) is 10.3. The molecule has 0 aliphatic carbocycles. The van der Waals surface area contributed by atoms with E-state index in [0.717, 1.165) is 10.9 Å². The van der Waals surface area contributed by atoms with Crippen LogP contribution in [0.1, 0.15) is 11.5 Å². The molecule has 3 nitrogen and oxygen atoms in total. The van der Waals surface area contributed by atoms with Crippen molar-refractivity contribution in [1.82, 2.24) is 5.32 Å². The van der Waals surface area contributed by atoms with Crippen LogP contribution >= 0.6 is 0 Å². The number of fused-ring (bicyclic) bond motifs is 1. The molecular weight excluding hydrogens is 245 g/mol. The molecule has 2 aromatic carbocycles. The highest BCUT2D eigenvalue weighted by Gasteiger charge is 2.34. The summed E-state index contributed by atoms with van der Waals surface area (Å²) < 4.78 is 13.8. The van der Waals surface area contributed by atoms with E-state index >= 15 is 0 Å². The maximum absolute atomic E-state index is 13.8. The molecule has 0 spiro atoms. The third-order valence-electron chi connectivity index (χ3n) is 3.84. The summed E-state index contributed by atoms with van der Waals surface area (Å²) in [6.45, 7) is 1.08. The number of hydrogen-bond donors (Lipinski definition) is 2. The standard InChI is InChI=1S/C15H14FNO2/c16-14-6-5-10(9-3-1-2-4-11(9)14)12-7-17-8-13(12)15(18)19/h1-6,12-13,17H,7-8H2,(H,18,19). The third-order valence-corrected chi connectivity index (χ3v) is 3.84. The molecule has 2 unspecified atom stereocenters. The van der Waals surface area contributed by atoms with Gasteiger partial charge in [0.05, 0.1) is 5.92 Å². The van der Waals surface area contributed by atoms with Gasteiger partial charge in [-0.2, -0.15) is 0 Å². The van der Waals surface area contributed by atoms with Crippen molar-refractivity contribution >= 4 is 16.7 Å². The highest BCUT2D eigenvalue weighted by Crippen LogP contribution is 2.34. The molecule has 0 radical (unpaired) electrons. The topological polar surface area (TPSA) is 49.3 Å². The molecule has 1 aliphatic heterocycles. The van der Waals surface area contributed by atoms with Gasteiger partial charge in [-0.25, -0.2) is 4.39 Å². The summed E-state index contributed by atoms with van der Waals surface area (Å²) in [7, 11) is 0. The van der Waals surface area contributed by atoms with Crippen LogP contribution in [0.15, 0.2) is 36.4 Å². The molecule has 98 valence electrons. The maximum atomic E-state index is 13.8. The van der Waals surface area contributed by atoms with Crippen molar-refractivity contribution in [2.24, 2.45) is 5.92 Å². The zero-order valence-corrected chi connectivity index (χ0v) is 10.3. The second-order valence-corrected chi connectivity index (χ2v) is 4.89. The van der Waals surface area contributed by atoms with Gasteiger partial charge in [-0.05, 0) is 17.0 Å². The van der Waals surface area contributed by atoms with E-state index in [1.165, 1.54) is 6.07 Å². The molecule has 2 aromatic rings. The Hall–Kier alpha value is -1.94. The molecule has 1 aliphatic rings. The van der Waals surface area contributed by atoms with Gasteiger partial charge in [-0.3, -0.25) is 4.79 Å². The van der Waals surface area contributed by atoms with Gasteiger partial charge in [0, 0.05) is 24.4 Å². The summed E-state index contributed by atoms with van der Waals surface area (Å²) in [4.78, 5) is 11.3. The second-order valence-electron chi connectivity index (χ2n) is 4.89. The summed E-state index contributed by atoms with van der Waals surface area (Å²) in [5.41, 5.74) is 0.911. The first-order chi connectivity index (χ1) is 9.18. The first kappa shape index (κ1) is 12.1. The van der Waals surface area contributed by atoms with Crippen molar-refractivity contribution in [2.45, 2.75) is 5.92 Å². The molecule has 1 saturated heterocycles. The van der Waals surface area contributed by atoms with Crippen LogP contribution in [-0.4, -0.2) is 24.2 Å². The number of benzene rings is 2. The average molecular weight is 259 g/mol. The van der Waals surface area contributed by atoms with Crippen LogP contribution in [0.25, 0.3) is 10.8 Å². The SMILES string of the molecule is O=C(O)C1CNCC1c1ccc(F)c2ccccc12. The minimum absolute atomic E-state index is 0.108. The zero-order chi connectivity index (χ0) is 13.4. The van der Waals surface area contributed by atoms with E-state index in [0.29, 0.717) is 18.5 Å². The van der Waals surface area contributed by atoms with Gasteiger partial charge in [0.25, 0.3) is 0 Å². The molecule has 0 bridgehead atoms. The van der Waals surface area contributed by atoms with Gasteiger partial charge < -0.3 is 10.4 Å². The lowest BCUT2D eigenvalue weighted by Crippen LogP contribution is -2.21. The highest BCUT2D eigenvalue weighted by molar-refractivity contribution is 5.87. The van der Waals surface area contributed by atoms with Crippen LogP contribution < -0.4 is 5.32 Å². The Morgan fingerprint density at radius 3 is 2.63 bits per heavy atom. The fourth-order valence-corrected chi connectivity index (χ4v) is 2.87. The lowest BCUT2D eigenvalue weighted by molar-refractivity contribution is -0.141. The fourth-order valence-electron chi connectivity index (χ4n) is 2.87. The molecule has 0 amide bonds. The normalized spacial score (nSPS) is 22.8. The molecular formula is C15H14FNO2. The lowest BCUT2D eigenvalue weighted by atomic mass is 9.86. The Labute approximate surface area is 110 Å². The Bertz CT molecular complexity index is 641. The monoisotopic (exact) mass is 259 g/mol. The van der Waals surface area contributed by atoms with E-state index in [1.54, 1.807) is 18.2 Å². The van der Waals surface area contributed by atoms with Gasteiger partial charge in [0.15, 0.2) is 0 Å². The minimum Gasteiger partial charge on any atom is -0.481 e. The molecule has 1 heterocycles. The van der Waals surface area contributed by atoms with Crippen molar-refractivity contribution in [3.63, 3.8) is 0 Å². The van der Waals surface area contributed by atoms with Crippen LogP contribution in [0.4, 0.5) is 4.39 Å². The predicted octanol–water partition coefficient (Wildman–Crippen LogP) is 2.37. The van der Waals surface area contributed by atoms with E-state index in [2.05, 4.69) is 5.32 Å². The smallest absolute Gasteiger partial charge is 0.308 e. The van der Waals surface area contributed by atoms with Crippen molar-refractivity contribution < 1.29 is 14.3 Å². The minimum atomic E-state index is -0.802. The van der Waals surface area contributed by atoms with Crippen LogP contribution in [0.5, 0.6) is 0 Å². The Kier molecular flexibility index (Phi) is 2.95. The van der Waals surface area contributed by atoms with Crippen molar-refractivity contribution in [3.8, 4) is 0 Å². The molecule has 19 heavy (non-hydrogen) atoms. The van der Waals surface area contributed by atoms with Crippen LogP contribution in [0.2, 0.25) is 0 Å². The Morgan fingerprint density at radius 2 is 1.89 bits per heavy atom. The van der Waals surface area contributed by atoms with Crippen molar-refractivity contribution in [1.29, 1.82) is 0 Å². The number of halogens is 1. The first-order valence-corrected chi connectivity index (χ1v) is 6.29. The van der Waals surface area contributed by atoms with E-state index in [4.69, 9.17) is 0 Å². The Morgan fingerprint density at radius 1 is 1.16 bits per heavy atom. The van der Waals surface area contributed by atoms with Crippen LogP contribution in [-0.2, 0) is 4.79 Å². The quantitative estimate of drug-likeness (QED) is 0.870. The van der Waals surface area contributed by atoms with E-state index in [-0.39, 0.29) is 11.7 Å². The molecule has 2 N–H and O–H groups in total. The lowest BCUT2D eigenvalue weighted by Gasteiger charge is -2.17. The summed E-state index contributed by atoms with van der Waals surface area (Å²) >= 11 is 0. The van der Waals surface area contributed by atoms with Gasteiger partial charge in [-0.1, -0.05) is 30.3 Å². The van der Waals surface area contributed by atoms with E-state index in [9.17, 15) is 14.3 Å². The summed E-state index contributed by atoms with van der Waals surface area (Å²) in [5.74, 6) is -1.63. The number of rotatable bonds is 2. The predicted molar refractivity (Wildman–Crippen MR) is 70.6 cm³/mol. The number of carboxylic acid groups (broad SMARTS) is 1. The summed E-state index contributed by atoms with van der Waals surface area (Å²) in [6.07, 6.45) is 0. The summed E-state index contributed by atoms with van der Waals surface area (Å²) in [6, 6.07) is 10.4. The second kappa shape index (κ2) is 4.63. The summed E-state index contributed by atoms with van der Waals surface area (Å²) in [5, 5.41) is 13.7. The van der Waals surface area contributed by atoms with Crippen LogP contribution in [0.3, 0.4) is 0 Å². The molecule has 3 rings (SSSR count). The molecule has 0 aromatic heterocycles. The highest BCUT2D eigenvalue weighted by atomic mass is 19.1. The van der Waals surface area contributed by atoms with E-state index in [1.807, 2.05) is 12.1 Å². The Balaban J connectivity index is 2.15. The van der Waals surface area contributed by atoms with E-state index < -0.39 is 11.9 Å². The first-order valence-electron chi connectivity index (χ1n) is 6.29. The van der Waals surface area contributed by atoms with Gasteiger partial charge in [0.2, 0.25) is 0 Å².